The standard InChI is InChI=1S/C18H14BrClS/c1-12-3-2-4-13(9-12)18-8-6-16(21-18)11-14-10-15(19)5-7-17(14)20/h2-10H,11H2,1H3. The third kappa shape index (κ3) is 3.57. The van der Waals surface area contributed by atoms with Gasteiger partial charge in [-0.15, -0.1) is 11.3 Å². The molecule has 0 saturated carbocycles. The van der Waals surface area contributed by atoms with E-state index in [1.807, 2.05) is 23.5 Å². The van der Waals surface area contributed by atoms with E-state index >= 15 is 0 Å². The number of halogens is 2. The molecule has 106 valence electrons. The van der Waals surface area contributed by atoms with Crippen molar-refractivity contribution >= 4 is 38.9 Å². The van der Waals surface area contributed by atoms with E-state index in [9.17, 15) is 0 Å². The van der Waals surface area contributed by atoms with Gasteiger partial charge in [0.1, 0.15) is 0 Å². The lowest BCUT2D eigenvalue weighted by Crippen LogP contribution is -1.86. The zero-order valence-electron chi connectivity index (χ0n) is 11.6. The molecule has 3 rings (SSSR count). The fourth-order valence-electron chi connectivity index (χ4n) is 2.29. The van der Waals surface area contributed by atoms with Gasteiger partial charge in [-0.1, -0.05) is 57.4 Å². The van der Waals surface area contributed by atoms with E-state index in [2.05, 4.69) is 65.3 Å². The van der Waals surface area contributed by atoms with Gasteiger partial charge in [-0.05, 0) is 48.4 Å². The summed E-state index contributed by atoms with van der Waals surface area (Å²) in [6.45, 7) is 2.12. The van der Waals surface area contributed by atoms with Crippen LogP contribution in [-0.4, -0.2) is 0 Å². The van der Waals surface area contributed by atoms with Gasteiger partial charge in [0.05, 0.1) is 0 Å². The molecule has 1 heterocycles. The van der Waals surface area contributed by atoms with Gasteiger partial charge in [0.15, 0.2) is 0 Å². The van der Waals surface area contributed by atoms with Gasteiger partial charge in [-0.3, -0.25) is 0 Å². The van der Waals surface area contributed by atoms with Crippen LogP contribution in [0.5, 0.6) is 0 Å². The largest absolute Gasteiger partial charge is 0.140 e. The molecule has 0 aliphatic heterocycles. The lowest BCUT2D eigenvalue weighted by Gasteiger charge is -2.03. The molecule has 21 heavy (non-hydrogen) atoms. The number of hydrogen-bond acceptors (Lipinski definition) is 1. The van der Waals surface area contributed by atoms with Crippen LogP contribution in [0.25, 0.3) is 10.4 Å². The maximum atomic E-state index is 6.27. The van der Waals surface area contributed by atoms with Crippen LogP contribution in [0, 0.1) is 6.92 Å². The Labute approximate surface area is 142 Å². The predicted octanol–water partition coefficient (Wildman–Crippen LogP) is 6.73. The van der Waals surface area contributed by atoms with Crippen LogP contribution < -0.4 is 0 Å². The molecule has 0 spiro atoms. The predicted molar refractivity (Wildman–Crippen MR) is 96.5 cm³/mol. The third-order valence-corrected chi connectivity index (χ3v) is 5.33. The molecule has 1 aromatic heterocycles. The highest BCUT2D eigenvalue weighted by Gasteiger charge is 2.07. The molecule has 0 atom stereocenters. The van der Waals surface area contributed by atoms with Crippen molar-refractivity contribution in [1.82, 2.24) is 0 Å². The Morgan fingerprint density at radius 1 is 1.05 bits per heavy atom. The highest BCUT2D eigenvalue weighted by atomic mass is 79.9. The molecule has 0 fully saturated rings. The second-order valence-electron chi connectivity index (χ2n) is 5.05. The van der Waals surface area contributed by atoms with Crippen LogP contribution >= 0.6 is 38.9 Å². The van der Waals surface area contributed by atoms with E-state index in [4.69, 9.17) is 11.6 Å². The summed E-state index contributed by atoms with van der Waals surface area (Å²) in [5.41, 5.74) is 3.73. The number of thiophene rings is 1. The van der Waals surface area contributed by atoms with Crippen LogP contribution in [0.15, 0.2) is 59.1 Å². The van der Waals surface area contributed by atoms with E-state index in [1.54, 1.807) is 0 Å². The van der Waals surface area contributed by atoms with E-state index in [1.165, 1.54) is 20.9 Å². The van der Waals surface area contributed by atoms with Crippen LogP contribution in [-0.2, 0) is 6.42 Å². The number of hydrogen-bond donors (Lipinski definition) is 0. The molecule has 3 heteroatoms. The SMILES string of the molecule is Cc1cccc(-c2ccc(Cc3cc(Br)ccc3Cl)s2)c1. The summed E-state index contributed by atoms with van der Waals surface area (Å²) in [7, 11) is 0. The van der Waals surface area contributed by atoms with Gasteiger partial charge in [0, 0.05) is 25.7 Å². The zero-order valence-corrected chi connectivity index (χ0v) is 14.7. The monoisotopic (exact) mass is 376 g/mol. The molecule has 0 amide bonds. The molecule has 0 aliphatic rings. The molecular weight excluding hydrogens is 364 g/mol. The van der Waals surface area contributed by atoms with Gasteiger partial charge < -0.3 is 0 Å². The highest BCUT2D eigenvalue weighted by Crippen LogP contribution is 2.31. The van der Waals surface area contributed by atoms with Crippen molar-refractivity contribution < 1.29 is 0 Å². The van der Waals surface area contributed by atoms with Gasteiger partial charge in [-0.2, -0.15) is 0 Å². The second-order valence-corrected chi connectivity index (χ2v) is 7.54. The molecule has 3 aromatic rings. The van der Waals surface area contributed by atoms with Gasteiger partial charge in [-0.25, -0.2) is 0 Å². The minimum Gasteiger partial charge on any atom is -0.140 e. The molecule has 0 aliphatic carbocycles. The first-order valence-corrected chi connectivity index (χ1v) is 8.70. The summed E-state index contributed by atoms with van der Waals surface area (Å²) < 4.78 is 1.07. The summed E-state index contributed by atoms with van der Waals surface area (Å²) in [6.07, 6.45) is 0.870. The van der Waals surface area contributed by atoms with E-state index in [0.29, 0.717) is 0 Å². The van der Waals surface area contributed by atoms with E-state index in [-0.39, 0.29) is 0 Å². The van der Waals surface area contributed by atoms with Gasteiger partial charge in [0.2, 0.25) is 0 Å². The Morgan fingerprint density at radius 3 is 2.71 bits per heavy atom. The third-order valence-electron chi connectivity index (χ3n) is 3.34. The van der Waals surface area contributed by atoms with Crippen LogP contribution in [0.3, 0.4) is 0 Å². The maximum absolute atomic E-state index is 6.27. The fraction of sp³-hybridized carbons (Fsp3) is 0.111. The van der Waals surface area contributed by atoms with Crippen molar-refractivity contribution in [2.45, 2.75) is 13.3 Å². The Kier molecular flexibility index (Phi) is 4.48. The molecule has 0 radical (unpaired) electrons. The summed E-state index contributed by atoms with van der Waals surface area (Å²) in [5, 5.41) is 0.823. The lowest BCUT2D eigenvalue weighted by atomic mass is 10.1. The van der Waals surface area contributed by atoms with Crippen LogP contribution in [0.2, 0.25) is 5.02 Å². The van der Waals surface area contributed by atoms with E-state index in [0.717, 1.165) is 21.5 Å². The number of rotatable bonds is 3. The first-order valence-electron chi connectivity index (χ1n) is 6.71. The molecule has 0 N–H and O–H groups in total. The fourth-order valence-corrected chi connectivity index (χ4v) is 3.91. The summed E-state index contributed by atoms with van der Waals surface area (Å²) in [4.78, 5) is 2.63. The Hall–Kier alpha value is -1.09. The summed E-state index contributed by atoms with van der Waals surface area (Å²) >= 11 is 11.6. The number of benzene rings is 2. The minimum absolute atomic E-state index is 0.823. The molecule has 0 unspecified atom stereocenters. The normalized spacial score (nSPS) is 10.8. The highest BCUT2D eigenvalue weighted by molar-refractivity contribution is 9.10. The molecule has 2 aromatic carbocycles. The second kappa shape index (κ2) is 6.35. The van der Waals surface area contributed by atoms with Crippen molar-refractivity contribution in [2.75, 3.05) is 0 Å². The quantitative estimate of drug-likeness (QED) is 0.474. The summed E-state index contributed by atoms with van der Waals surface area (Å²) in [6, 6.07) is 19.0. The van der Waals surface area contributed by atoms with Gasteiger partial charge >= 0.3 is 0 Å². The average molecular weight is 378 g/mol. The maximum Gasteiger partial charge on any atom is 0.0442 e. The first kappa shape index (κ1) is 14.8. The topological polar surface area (TPSA) is 0 Å². The smallest absolute Gasteiger partial charge is 0.0442 e. The molecule has 0 saturated heterocycles. The van der Waals surface area contributed by atoms with Gasteiger partial charge in [0.25, 0.3) is 0 Å². The lowest BCUT2D eigenvalue weighted by molar-refractivity contribution is 1.24. The van der Waals surface area contributed by atoms with Crippen molar-refractivity contribution in [3.05, 3.63) is 80.1 Å². The van der Waals surface area contributed by atoms with Crippen molar-refractivity contribution in [3.8, 4) is 10.4 Å². The van der Waals surface area contributed by atoms with Crippen LogP contribution in [0.1, 0.15) is 16.0 Å². The molecular formula is C18H14BrClS. The van der Waals surface area contributed by atoms with Crippen molar-refractivity contribution in [2.24, 2.45) is 0 Å². The van der Waals surface area contributed by atoms with Crippen molar-refractivity contribution in [3.63, 3.8) is 0 Å². The first-order chi connectivity index (χ1) is 10.1. The zero-order chi connectivity index (χ0) is 14.8. The number of aryl methyl sites for hydroxylation is 1. The average Bonchev–Trinajstić information content (AvgIpc) is 2.91. The van der Waals surface area contributed by atoms with Crippen LogP contribution in [0.4, 0.5) is 0 Å². The Balaban J connectivity index is 1.87. The summed E-state index contributed by atoms with van der Waals surface area (Å²) in [5.74, 6) is 0. The van der Waals surface area contributed by atoms with Crippen molar-refractivity contribution in [1.29, 1.82) is 0 Å². The molecule has 0 bridgehead atoms. The Morgan fingerprint density at radius 2 is 1.90 bits per heavy atom. The minimum atomic E-state index is 0.823. The molecule has 0 nitrogen and oxygen atoms in total. The Bertz CT molecular complexity index is 776. The van der Waals surface area contributed by atoms with E-state index < -0.39 is 0 Å².